The summed E-state index contributed by atoms with van der Waals surface area (Å²) in [5.74, 6) is -0.366. The van der Waals surface area contributed by atoms with Crippen LogP contribution in [-0.4, -0.2) is 69.5 Å². The number of hydrogen-bond acceptors (Lipinski definition) is 3. The fourth-order valence-corrected chi connectivity index (χ4v) is 0.446. The Morgan fingerprint density at radius 2 is 2.11 bits per heavy atom. The molecule has 0 spiro atoms. The number of ether oxygens (including phenoxy) is 1. The summed E-state index contributed by atoms with van der Waals surface area (Å²) >= 11 is 0. The van der Waals surface area contributed by atoms with Crippen molar-refractivity contribution < 1.29 is 14.3 Å². The molecule has 0 radical (unpaired) electrons. The van der Waals surface area contributed by atoms with Gasteiger partial charge in [0.05, 0.1) is 0 Å². The van der Waals surface area contributed by atoms with Crippen LogP contribution >= 0.6 is 0 Å². The van der Waals surface area contributed by atoms with Gasteiger partial charge in [-0.2, -0.15) is 0 Å². The van der Waals surface area contributed by atoms with Gasteiger partial charge in [0.25, 0.3) is 5.91 Å². The van der Waals surface area contributed by atoms with E-state index in [2.05, 4.69) is 4.74 Å². The molecule has 0 aromatic rings. The Labute approximate surface area is 94.7 Å². The summed E-state index contributed by atoms with van der Waals surface area (Å²) < 4.78 is 4.37. The van der Waals surface area contributed by atoms with Crippen LogP contribution in [0.15, 0.2) is 0 Å². The van der Waals surface area contributed by atoms with E-state index in [0.717, 1.165) is 0 Å². The molecule has 0 saturated carbocycles. The first-order valence-electron chi connectivity index (χ1n) is 2.21. The summed E-state index contributed by atoms with van der Waals surface area (Å²) in [6, 6.07) is 0. The monoisotopic (exact) mass is 155 g/mol. The van der Waals surface area contributed by atoms with Crippen LogP contribution in [0.4, 0.5) is 4.79 Å². The Morgan fingerprint density at radius 3 is 2.22 bits per heavy atom. The number of carbonyl (C=O) groups excluding carboxylic acids is 2. The Morgan fingerprint density at radius 1 is 1.56 bits per heavy atom. The number of cyclic esters (lactones) is 1. The third kappa shape index (κ3) is 2.35. The quantitative estimate of drug-likeness (QED) is 0.456. The molecule has 2 amide bonds. The van der Waals surface area contributed by atoms with E-state index in [1.54, 1.807) is 0 Å². The number of imide groups is 1. The van der Waals surface area contributed by atoms with E-state index in [0.29, 0.717) is 0 Å². The molecule has 1 N–H and O–H groups in total. The average Bonchev–Trinajstić information content (AvgIpc) is 1.85. The van der Waals surface area contributed by atoms with E-state index in [1.807, 2.05) is 5.32 Å². The number of amides is 2. The maximum absolute atomic E-state index is 10.3. The SMILES string of the molecule is CC1OC(=O)NC1=O.[KH]. The molecule has 0 aliphatic carbocycles. The van der Waals surface area contributed by atoms with Crippen LogP contribution in [0.5, 0.6) is 0 Å². The number of alkyl carbamates (subject to hydrolysis) is 1. The zero-order chi connectivity index (χ0) is 6.15. The van der Waals surface area contributed by atoms with E-state index < -0.39 is 12.2 Å². The zero-order valence-electron chi connectivity index (χ0n) is 4.30. The summed E-state index contributed by atoms with van der Waals surface area (Å²) in [4.78, 5) is 20.4. The van der Waals surface area contributed by atoms with E-state index in [-0.39, 0.29) is 57.3 Å². The van der Waals surface area contributed by atoms with Crippen LogP contribution in [-0.2, 0) is 9.53 Å². The number of carbonyl (C=O) groups is 2. The second kappa shape index (κ2) is 3.67. The molecule has 1 aliphatic rings. The van der Waals surface area contributed by atoms with Crippen molar-refractivity contribution in [2.45, 2.75) is 13.0 Å². The van der Waals surface area contributed by atoms with E-state index >= 15 is 0 Å². The molecule has 1 heterocycles. The minimum absolute atomic E-state index is 0. The Balaban J connectivity index is 0.000000640. The predicted octanol–water partition coefficient (Wildman–Crippen LogP) is -1.01. The van der Waals surface area contributed by atoms with Crippen molar-refractivity contribution in [2.75, 3.05) is 0 Å². The van der Waals surface area contributed by atoms with Gasteiger partial charge in [0.15, 0.2) is 6.10 Å². The topological polar surface area (TPSA) is 55.4 Å². The summed E-state index contributed by atoms with van der Waals surface area (Å²) in [5.41, 5.74) is 0. The van der Waals surface area contributed by atoms with Crippen molar-refractivity contribution in [2.24, 2.45) is 0 Å². The standard InChI is InChI=1S/C4H5NO3.K.H/c1-2-3(6)5-4(7)8-2;;/h2H,1H3,(H,5,6,7);;. The fraction of sp³-hybridized carbons (Fsp3) is 0.500. The molecule has 0 bridgehead atoms. The van der Waals surface area contributed by atoms with Gasteiger partial charge in [0.2, 0.25) is 0 Å². The molecule has 4 nitrogen and oxygen atoms in total. The molecule has 46 valence electrons. The Hall–Kier alpha value is 0.576. The maximum atomic E-state index is 10.3. The first-order valence-corrected chi connectivity index (χ1v) is 2.21. The summed E-state index contributed by atoms with van der Waals surface area (Å²) in [6.45, 7) is 1.51. The molecule has 1 saturated heterocycles. The molecule has 1 rings (SSSR count). The molecule has 1 atom stereocenters. The van der Waals surface area contributed by atoms with Gasteiger partial charge in [-0.25, -0.2) is 4.79 Å². The fourth-order valence-electron chi connectivity index (χ4n) is 0.446. The minimum atomic E-state index is -0.650. The van der Waals surface area contributed by atoms with Gasteiger partial charge < -0.3 is 4.74 Å². The molecule has 1 fully saturated rings. The van der Waals surface area contributed by atoms with Crippen LogP contribution in [0.2, 0.25) is 0 Å². The average molecular weight is 155 g/mol. The molecule has 1 aliphatic heterocycles. The molecule has 9 heavy (non-hydrogen) atoms. The first kappa shape index (κ1) is 9.58. The summed E-state index contributed by atoms with van der Waals surface area (Å²) in [5, 5.41) is 1.97. The zero-order valence-corrected chi connectivity index (χ0v) is 4.30. The van der Waals surface area contributed by atoms with Gasteiger partial charge in [-0.15, -0.1) is 0 Å². The van der Waals surface area contributed by atoms with Crippen LogP contribution in [0, 0.1) is 0 Å². The second-order valence-electron chi connectivity index (χ2n) is 1.54. The van der Waals surface area contributed by atoms with E-state index in [4.69, 9.17) is 0 Å². The second-order valence-corrected chi connectivity index (χ2v) is 1.54. The van der Waals surface area contributed by atoms with E-state index in [1.165, 1.54) is 6.92 Å². The van der Waals surface area contributed by atoms with Gasteiger partial charge in [0, 0.05) is 0 Å². The third-order valence-corrected chi connectivity index (χ3v) is 0.878. The van der Waals surface area contributed by atoms with Gasteiger partial charge >= 0.3 is 57.5 Å². The van der Waals surface area contributed by atoms with Crippen LogP contribution in [0.25, 0.3) is 0 Å². The molecule has 0 aromatic heterocycles. The summed E-state index contributed by atoms with van der Waals surface area (Å²) in [7, 11) is 0. The van der Waals surface area contributed by atoms with Crippen molar-refractivity contribution in [1.82, 2.24) is 5.32 Å². The number of hydrogen-bond donors (Lipinski definition) is 1. The van der Waals surface area contributed by atoms with Crippen LogP contribution in [0.3, 0.4) is 0 Å². The van der Waals surface area contributed by atoms with Gasteiger partial charge in [0.1, 0.15) is 0 Å². The molecule has 0 aromatic carbocycles. The van der Waals surface area contributed by atoms with Gasteiger partial charge in [-0.05, 0) is 6.92 Å². The van der Waals surface area contributed by atoms with Crippen LogP contribution in [0.1, 0.15) is 6.92 Å². The summed E-state index contributed by atoms with van der Waals surface area (Å²) in [6.07, 6.45) is -1.26. The first-order chi connectivity index (χ1) is 3.70. The van der Waals surface area contributed by atoms with Crippen LogP contribution < -0.4 is 5.32 Å². The normalized spacial score (nSPS) is 24.3. The number of rotatable bonds is 0. The number of nitrogens with one attached hydrogen (secondary N) is 1. The van der Waals surface area contributed by atoms with Crippen molar-refractivity contribution in [1.29, 1.82) is 0 Å². The predicted molar refractivity (Wildman–Crippen MR) is 31.2 cm³/mol. The van der Waals surface area contributed by atoms with Crippen molar-refractivity contribution >= 4 is 63.4 Å². The molecular weight excluding hydrogens is 149 g/mol. The molecule has 1 unspecified atom stereocenters. The van der Waals surface area contributed by atoms with Gasteiger partial charge in [-0.3, -0.25) is 10.1 Å². The third-order valence-electron chi connectivity index (χ3n) is 0.878. The van der Waals surface area contributed by atoms with Crippen molar-refractivity contribution in [3.05, 3.63) is 0 Å². The van der Waals surface area contributed by atoms with Crippen molar-refractivity contribution in [3.63, 3.8) is 0 Å². The Bertz CT molecular complexity index is 147. The molecule has 5 heteroatoms. The molecular formula is C4H6KNO3. The van der Waals surface area contributed by atoms with Crippen molar-refractivity contribution in [3.8, 4) is 0 Å². The van der Waals surface area contributed by atoms with Gasteiger partial charge in [-0.1, -0.05) is 0 Å². The Kier molecular flexibility index (Phi) is 3.91. The van der Waals surface area contributed by atoms with E-state index in [9.17, 15) is 9.59 Å².